The Balaban J connectivity index is 1.43. The number of aromatic nitrogens is 3. The van der Waals surface area contributed by atoms with Crippen molar-refractivity contribution in [2.45, 2.75) is 12.8 Å². The van der Waals surface area contributed by atoms with Crippen molar-refractivity contribution in [2.75, 3.05) is 57.8 Å². The third-order valence-electron chi connectivity index (χ3n) is 5.89. The van der Waals surface area contributed by atoms with Gasteiger partial charge in [0.1, 0.15) is 5.52 Å². The number of piperidine rings is 1. The molecule has 1 aromatic heterocycles. The summed E-state index contributed by atoms with van der Waals surface area (Å²) < 4.78 is 1.30. The first-order valence-electron chi connectivity index (χ1n) is 9.60. The van der Waals surface area contributed by atoms with Gasteiger partial charge in [-0.25, -0.2) is 4.68 Å². The summed E-state index contributed by atoms with van der Waals surface area (Å²) in [7, 11) is 3.85. The maximum atomic E-state index is 12.3. The summed E-state index contributed by atoms with van der Waals surface area (Å²) in [5.41, 5.74) is 1.70. The fourth-order valence-corrected chi connectivity index (χ4v) is 4.14. The topological polar surface area (TPSA) is 57.5 Å². The van der Waals surface area contributed by atoms with E-state index in [4.69, 9.17) is 0 Å². The highest BCUT2D eigenvalue weighted by molar-refractivity contribution is 5.89. The molecule has 2 saturated heterocycles. The van der Waals surface area contributed by atoms with Crippen molar-refractivity contribution in [3.8, 4) is 0 Å². The van der Waals surface area contributed by atoms with Gasteiger partial charge in [0.25, 0.3) is 5.56 Å². The molecule has 0 bridgehead atoms. The van der Waals surface area contributed by atoms with Gasteiger partial charge in [-0.3, -0.25) is 4.79 Å². The average Bonchev–Trinajstić information content (AvgIpc) is 2.67. The molecule has 1 aromatic carbocycles. The van der Waals surface area contributed by atoms with E-state index in [2.05, 4.69) is 38.1 Å². The molecule has 0 atom stereocenters. The van der Waals surface area contributed by atoms with Crippen molar-refractivity contribution in [1.82, 2.24) is 24.8 Å². The van der Waals surface area contributed by atoms with Crippen molar-refractivity contribution in [1.29, 1.82) is 0 Å². The molecule has 0 saturated carbocycles. The number of rotatable bonds is 3. The largest absolute Gasteiger partial charge is 0.370 e. The molecule has 3 heterocycles. The lowest BCUT2D eigenvalue weighted by atomic mass is 9.95. The smallest absolute Gasteiger partial charge is 0.277 e. The second-order valence-corrected chi connectivity index (χ2v) is 7.73. The molecule has 0 aliphatic carbocycles. The highest BCUT2D eigenvalue weighted by Gasteiger charge is 2.24. The van der Waals surface area contributed by atoms with Crippen LogP contribution in [0.5, 0.6) is 0 Å². The molecule has 2 aliphatic heterocycles. The number of nitrogens with zero attached hydrogens (tertiary/aromatic N) is 6. The van der Waals surface area contributed by atoms with Gasteiger partial charge in [0.2, 0.25) is 0 Å². The molecule has 140 valence electrons. The summed E-state index contributed by atoms with van der Waals surface area (Å²) in [6.45, 7) is 8.02. The second-order valence-electron chi connectivity index (χ2n) is 7.73. The molecule has 0 spiro atoms. The minimum absolute atomic E-state index is 0.0817. The number of likely N-dealkylation sites (N-methyl/N-ethyl adjacent to an activating group) is 1. The third-order valence-corrected chi connectivity index (χ3v) is 5.89. The first kappa shape index (κ1) is 17.4. The van der Waals surface area contributed by atoms with Crippen LogP contribution in [0.1, 0.15) is 12.8 Å². The van der Waals surface area contributed by atoms with Gasteiger partial charge in [-0.2, -0.15) is 0 Å². The molecule has 2 fully saturated rings. The van der Waals surface area contributed by atoms with Crippen molar-refractivity contribution >= 4 is 16.6 Å². The minimum atomic E-state index is -0.0817. The maximum Gasteiger partial charge on any atom is 0.277 e. The van der Waals surface area contributed by atoms with Crippen LogP contribution in [0, 0.1) is 5.92 Å². The third kappa shape index (κ3) is 3.46. The monoisotopic (exact) mass is 356 g/mol. The lowest BCUT2D eigenvalue weighted by Gasteiger charge is -2.38. The summed E-state index contributed by atoms with van der Waals surface area (Å²) in [6, 6.07) is 5.87. The van der Waals surface area contributed by atoms with Crippen LogP contribution in [0.25, 0.3) is 10.9 Å². The summed E-state index contributed by atoms with van der Waals surface area (Å²) in [5.74, 6) is 0.767. The number of hydrogen-bond donors (Lipinski definition) is 0. The van der Waals surface area contributed by atoms with Gasteiger partial charge in [0.15, 0.2) is 0 Å². The van der Waals surface area contributed by atoms with Gasteiger partial charge in [-0.1, -0.05) is 11.3 Å². The molecule has 2 aliphatic rings. The number of piperazine rings is 1. The first-order valence-corrected chi connectivity index (χ1v) is 9.60. The lowest BCUT2D eigenvalue weighted by molar-refractivity contribution is 0.129. The highest BCUT2D eigenvalue weighted by Crippen LogP contribution is 2.28. The summed E-state index contributed by atoms with van der Waals surface area (Å²) in [5, 5.41) is 8.92. The number of fused-ring (bicyclic) bond motifs is 1. The first-order chi connectivity index (χ1) is 12.6. The number of anilines is 1. The van der Waals surface area contributed by atoms with Crippen LogP contribution in [-0.4, -0.2) is 77.7 Å². The normalized spacial score (nSPS) is 20.8. The molecule has 0 radical (unpaired) electrons. The zero-order valence-corrected chi connectivity index (χ0v) is 15.8. The van der Waals surface area contributed by atoms with Crippen molar-refractivity contribution in [2.24, 2.45) is 13.0 Å². The average molecular weight is 356 g/mol. The van der Waals surface area contributed by atoms with E-state index in [0.717, 1.165) is 30.2 Å². The van der Waals surface area contributed by atoms with E-state index in [1.165, 1.54) is 50.2 Å². The Labute approximate surface area is 154 Å². The fraction of sp³-hybridized carbons (Fsp3) is 0.632. The zero-order chi connectivity index (χ0) is 18.1. The van der Waals surface area contributed by atoms with Crippen molar-refractivity contribution in [3.63, 3.8) is 0 Å². The van der Waals surface area contributed by atoms with Crippen LogP contribution in [0.3, 0.4) is 0 Å². The predicted molar refractivity (Wildman–Crippen MR) is 104 cm³/mol. The lowest BCUT2D eigenvalue weighted by Crippen LogP contribution is -2.47. The molecule has 0 amide bonds. The van der Waals surface area contributed by atoms with E-state index in [1.54, 1.807) is 7.05 Å². The van der Waals surface area contributed by atoms with Crippen LogP contribution >= 0.6 is 0 Å². The van der Waals surface area contributed by atoms with Gasteiger partial charge in [0.05, 0.1) is 11.1 Å². The molecule has 7 nitrogen and oxygen atoms in total. The fourth-order valence-electron chi connectivity index (χ4n) is 4.14. The second kappa shape index (κ2) is 7.32. The molecule has 7 heteroatoms. The van der Waals surface area contributed by atoms with Gasteiger partial charge >= 0.3 is 0 Å². The Kier molecular flexibility index (Phi) is 4.91. The van der Waals surface area contributed by atoms with E-state index in [9.17, 15) is 4.79 Å². The summed E-state index contributed by atoms with van der Waals surface area (Å²) in [6.07, 6.45) is 2.39. The van der Waals surface area contributed by atoms with Crippen LogP contribution < -0.4 is 10.5 Å². The van der Waals surface area contributed by atoms with E-state index < -0.39 is 0 Å². The van der Waals surface area contributed by atoms with E-state index in [-0.39, 0.29) is 5.56 Å². The molecule has 4 rings (SSSR count). The molecule has 0 N–H and O–H groups in total. The standard InChI is InChI=1S/C19H28N6O/c1-22-10-12-24(13-11-22)14-15-6-8-25(9-7-15)17-5-3-4-16-18(17)20-21-23(2)19(16)26/h3-5,15H,6-14H2,1-2H3. The van der Waals surface area contributed by atoms with Crippen LogP contribution in [0.4, 0.5) is 5.69 Å². The quantitative estimate of drug-likeness (QED) is 0.811. The number of aryl methyl sites for hydroxylation is 1. The molecular weight excluding hydrogens is 328 g/mol. The van der Waals surface area contributed by atoms with E-state index in [1.807, 2.05) is 12.1 Å². The Morgan fingerprint density at radius 3 is 2.50 bits per heavy atom. The van der Waals surface area contributed by atoms with Gasteiger partial charge in [-0.05, 0) is 37.9 Å². The van der Waals surface area contributed by atoms with Gasteiger partial charge in [0, 0.05) is 52.9 Å². The van der Waals surface area contributed by atoms with E-state index in [0.29, 0.717) is 5.39 Å². The Morgan fingerprint density at radius 1 is 1.04 bits per heavy atom. The molecular formula is C19H28N6O. The van der Waals surface area contributed by atoms with Crippen LogP contribution in [0.2, 0.25) is 0 Å². The van der Waals surface area contributed by atoms with Gasteiger partial charge in [-0.15, -0.1) is 5.10 Å². The van der Waals surface area contributed by atoms with Gasteiger partial charge < -0.3 is 14.7 Å². The molecule has 0 unspecified atom stereocenters. The minimum Gasteiger partial charge on any atom is -0.370 e. The zero-order valence-electron chi connectivity index (χ0n) is 15.8. The number of hydrogen-bond acceptors (Lipinski definition) is 6. The predicted octanol–water partition coefficient (Wildman–Crippen LogP) is 0.792. The Hall–Kier alpha value is -1.99. The van der Waals surface area contributed by atoms with E-state index >= 15 is 0 Å². The summed E-state index contributed by atoms with van der Waals surface area (Å²) in [4.78, 5) is 19.7. The SMILES string of the molecule is CN1CCN(CC2CCN(c3cccc4c(=O)n(C)nnc34)CC2)CC1. The Bertz CT molecular complexity index is 818. The van der Waals surface area contributed by atoms with Crippen molar-refractivity contribution < 1.29 is 0 Å². The highest BCUT2D eigenvalue weighted by atomic mass is 16.1. The van der Waals surface area contributed by atoms with Crippen LogP contribution in [-0.2, 0) is 7.05 Å². The van der Waals surface area contributed by atoms with Crippen molar-refractivity contribution in [3.05, 3.63) is 28.6 Å². The Morgan fingerprint density at radius 2 is 1.77 bits per heavy atom. The number of benzene rings is 1. The molecule has 2 aromatic rings. The van der Waals surface area contributed by atoms with Crippen LogP contribution in [0.15, 0.2) is 23.0 Å². The molecule has 26 heavy (non-hydrogen) atoms. The summed E-state index contributed by atoms with van der Waals surface area (Å²) >= 11 is 0. The maximum absolute atomic E-state index is 12.3.